The summed E-state index contributed by atoms with van der Waals surface area (Å²) >= 11 is 0.827. The fraction of sp³-hybridized carbons (Fsp3) is 0.533. The van der Waals surface area contributed by atoms with E-state index >= 15 is 0 Å². The van der Waals surface area contributed by atoms with Crippen LogP contribution >= 0.6 is 11.3 Å². The van der Waals surface area contributed by atoms with Crippen LogP contribution in [0.2, 0.25) is 0 Å². The molecule has 0 aliphatic carbocycles. The molecule has 0 aromatic carbocycles. The molecule has 1 rings (SSSR count). The minimum absolute atomic E-state index is 0.0212. The Balaban J connectivity index is 3.04. The third-order valence-electron chi connectivity index (χ3n) is 2.68. The van der Waals surface area contributed by atoms with Crippen molar-refractivity contribution in [1.82, 2.24) is 0 Å². The number of esters is 1. The molecule has 0 spiro atoms. The van der Waals surface area contributed by atoms with Gasteiger partial charge in [0.1, 0.15) is 22.1 Å². The lowest BCUT2D eigenvalue weighted by Gasteiger charge is -2.19. The normalized spacial score (nSPS) is 11.0. The molecule has 1 amide bonds. The molecule has 1 heterocycles. The fourth-order valence-electron chi connectivity index (χ4n) is 1.73. The number of nitrogens with one attached hydrogen (secondary N) is 1. The summed E-state index contributed by atoms with van der Waals surface area (Å²) in [5, 5.41) is 11.7. The lowest BCUT2D eigenvalue weighted by Crippen LogP contribution is -2.27. The zero-order valence-corrected chi connectivity index (χ0v) is 15.0. The van der Waals surface area contributed by atoms with Crippen molar-refractivity contribution in [1.29, 1.82) is 0 Å². The molecule has 0 fully saturated rings. The molecule has 0 saturated carbocycles. The lowest BCUT2D eigenvalue weighted by atomic mass is 10.1. The molecule has 1 aromatic rings. The molecule has 0 bridgehead atoms. The number of carbonyl (C=O) groups excluding carboxylic acids is 2. The van der Waals surface area contributed by atoms with E-state index in [0.717, 1.165) is 11.3 Å². The molecule has 8 nitrogen and oxygen atoms in total. The number of carboxylic acids is 1. The first kappa shape index (κ1) is 19.9. The van der Waals surface area contributed by atoms with Gasteiger partial charge in [-0.3, -0.25) is 5.32 Å². The molecular weight excluding hydrogens is 338 g/mol. The summed E-state index contributed by atoms with van der Waals surface area (Å²) in [6.45, 7) is 6.80. The molecule has 0 saturated heterocycles. The van der Waals surface area contributed by atoms with Crippen molar-refractivity contribution >= 4 is 34.4 Å². The van der Waals surface area contributed by atoms with E-state index < -0.39 is 23.6 Å². The number of hydrogen-bond acceptors (Lipinski definition) is 7. The molecule has 2 N–H and O–H groups in total. The highest BCUT2D eigenvalue weighted by Gasteiger charge is 2.27. The first-order valence-electron chi connectivity index (χ1n) is 7.09. The van der Waals surface area contributed by atoms with Crippen LogP contribution in [-0.2, 0) is 14.2 Å². The van der Waals surface area contributed by atoms with Crippen LogP contribution in [0.25, 0.3) is 0 Å². The van der Waals surface area contributed by atoms with E-state index in [9.17, 15) is 19.5 Å². The fourth-order valence-corrected chi connectivity index (χ4v) is 2.81. The highest BCUT2D eigenvalue weighted by molar-refractivity contribution is 7.18. The molecule has 134 valence electrons. The van der Waals surface area contributed by atoms with Crippen LogP contribution in [0.5, 0.6) is 0 Å². The van der Waals surface area contributed by atoms with Gasteiger partial charge in [0.05, 0.1) is 12.2 Å². The van der Waals surface area contributed by atoms with Gasteiger partial charge in [0.15, 0.2) is 0 Å². The Labute approximate surface area is 143 Å². The van der Waals surface area contributed by atoms with Crippen molar-refractivity contribution in [3.05, 3.63) is 16.0 Å². The molecule has 0 aliphatic heterocycles. The number of carboxylic acid groups (broad SMARTS) is 1. The number of methoxy groups -OCH3 is 1. The molecule has 0 radical (unpaired) electrons. The van der Waals surface area contributed by atoms with E-state index in [-0.39, 0.29) is 34.2 Å². The number of rotatable bonds is 6. The van der Waals surface area contributed by atoms with Crippen molar-refractivity contribution < 1.29 is 33.7 Å². The van der Waals surface area contributed by atoms with E-state index in [1.807, 2.05) is 0 Å². The van der Waals surface area contributed by atoms with E-state index in [0.29, 0.717) is 0 Å². The second kappa shape index (κ2) is 8.11. The first-order valence-corrected chi connectivity index (χ1v) is 7.91. The number of amides is 1. The number of thiophene rings is 1. The van der Waals surface area contributed by atoms with Crippen molar-refractivity contribution in [3.63, 3.8) is 0 Å². The maximum absolute atomic E-state index is 12.0. The third kappa shape index (κ3) is 5.50. The Morgan fingerprint density at radius 1 is 1.21 bits per heavy atom. The summed E-state index contributed by atoms with van der Waals surface area (Å²) in [4.78, 5) is 35.4. The highest BCUT2D eigenvalue weighted by Crippen LogP contribution is 2.34. The smallest absolute Gasteiger partial charge is 0.412 e. The van der Waals surface area contributed by atoms with Gasteiger partial charge in [0.2, 0.25) is 0 Å². The van der Waals surface area contributed by atoms with Crippen molar-refractivity contribution in [2.75, 3.05) is 25.6 Å². The lowest BCUT2D eigenvalue weighted by molar-refractivity contribution is 0.0392. The van der Waals surface area contributed by atoms with Crippen LogP contribution < -0.4 is 5.32 Å². The SMILES string of the molecule is COCCOC(=O)c1sc(NC(=O)OC(C)(C)C)c(C(=O)O)c1C. The number of anilines is 1. The summed E-state index contributed by atoms with van der Waals surface area (Å²) in [7, 11) is 1.47. The number of hydrogen-bond donors (Lipinski definition) is 2. The second-order valence-electron chi connectivity index (χ2n) is 5.82. The first-order chi connectivity index (χ1) is 11.1. The molecule has 1 aromatic heterocycles. The van der Waals surface area contributed by atoms with E-state index in [1.54, 1.807) is 20.8 Å². The summed E-state index contributed by atoms with van der Waals surface area (Å²) in [5.74, 6) is -1.93. The summed E-state index contributed by atoms with van der Waals surface area (Å²) in [6, 6.07) is 0. The van der Waals surface area contributed by atoms with Gasteiger partial charge in [-0.15, -0.1) is 11.3 Å². The minimum atomic E-state index is -1.26. The van der Waals surface area contributed by atoms with Crippen LogP contribution in [0.1, 0.15) is 46.4 Å². The average molecular weight is 359 g/mol. The predicted molar refractivity (Wildman–Crippen MR) is 88.0 cm³/mol. The Hall–Kier alpha value is -2.13. The standard InChI is InChI=1S/C15H21NO7S/c1-8-9(12(17)18)11(16-14(20)23-15(2,3)4)24-10(8)13(19)22-7-6-21-5/h6-7H2,1-5H3,(H,16,20)(H,17,18). The molecular formula is C15H21NO7S. The Morgan fingerprint density at radius 3 is 2.33 bits per heavy atom. The molecule has 0 unspecified atom stereocenters. The number of aromatic carboxylic acids is 1. The van der Waals surface area contributed by atoms with E-state index in [1.165, 1.54) is 14.0 Å². The third-order valence-corrected chi connectivity index (χ3v) is 3.87. The Bertz CT molecular complexity index is 631. The molecule has 0 atom stereocenters. The van der Waals surface area contributed by atoms with Crippen LogP contribution in [0.3, 0.4) is 0 Å². The van der Waals surface area contributed by atoms with Crippen LogP contribution in [0.15, 0.2) is 0 Å². The predicted octanol–water partition coefficient (Wildman–Crippen LogP) is 2.90. The topological polar surface area (TPSA) is 111 Å². The van der Waals surface area contributed by atoms with Crippen molar-refractivity contribution in [3.8, 4) is 0 Å². The minimum Gasteiger partial charge on any atom is -0.478 e. The van der Waals surface area contributed by atoms with Crippen molar-refractivity contribution in [2.45, 2.75) is 33.3 Å². The highest BCUT2D eigenvalue weighted by atomic mass is 32.1. The van der Waals surface area contributed by atoms with E-state index in [2.05, 4.69) is 5.32 Å². The zero-order valence-electron chi connectivity index (χ0n) is 14.2. The van der Waals surface area contributed by atoms with Crippen molar-refractivity contribution in [2.24, 2.45) is 0 Å². The van der Waals surface area contributed by atoms with Gasteiger partial charge in [-0.05, 0) is 33.3 Å². The summed E-state index contributed by atoms with van der Waals surface area (Å²) in [5.41, 5.74) is -0.674. The Kier molecular flexibility index (Phi) is 6.73. The quantitative estimate of drug-likeness (QED) is 0.593. The van der Waals surface area contributed by atoms with Gasteiger partial charge in [0, 0.05) is 7.11 Å². The number of carbonyl (C=O) groups is 3. The zero-order chi connectivity index (χ0) is 18.5. The van der Waals surface area contributed by atoms with Gasteiger partial charge >= 0.3 is 18.0 Å². The van der Waals surface area contributed by atoms with Gasteiger partial charge < -0.3 is 19.3 Å². The maximum atomic E-state index is 12.0. The molecule has 9 heteroatoms. The monoisotopic (exact) mass is 359 g/mol. The Morgan fingerprint density at radius 2 is 1.83 bits per heavy atom. The summed E-state index contributed by atoms with van der Waals surface area (Å²) < 4.78 is 14.9. The summed E-state index contributed by atoms with van der Waals surface area (Å²) in [6.07, 6.45) is -0.800. The average Bonchev–Trinajstić information content (AvgIpc) is 2.73. The van der Waals surface area contributed by atoms with E-state index in [4.69, 9.17) is 14.2 Å². The van der Waals surface area contributed by atoms with Crippen LogP contribution in [0, 0.1) is 6.92 Å². The van der Waals surface area contributed by atoms with Crippen LogP contribution in [-0.4, -0.2) is 49.1 Å². The van der Waals surface area contributed by atoms with Gasteiger partial charge in [-0.2, -0.15) is 0 Å². The molecule has 0 aliphatic rings. The second-order valence-corrected chi connectivity index (χ2v) is 6.84. The van der Waals surface area contributed by atoms with Crippen LogP contribution in [0.4, 0.5) is 9.80 Å². The maximum Gasteiger partial charge on any atom is 0.412 e. The van der Waals surface area contributed by atoms with Gasteiger partial charge in [-0.1, -0.05) is 0 Å². The molecule has 24 heavy (non-hydrogen) atoms. The van der Waals surface area contributed by atoms with Gasteiger partial charge in [-0.25, -0.2) is 14.4 Å². The number of ether oxygens (including phenoxy) is 3. The largest absolute Gasteiger partial charge is 0.478 e. The van der Waals surface area contributed by atoms with Gasteiger partial charge in [0.25, 0.3) is 0 Å².